The lowest BCUT2D eigenvalue weighted by Crippen LogP contribution is -2.49. The van der Waals surface area contributed by atoms with Gasteiger partial charge < -0.3 is 10.4 Å². The molecule has 6 nitrogen and oxygen atoms in total. The van der Waals surface area contributed by atoms with E-state index in [4.69, 9.17) is 0 Å². The monoisotopic (exact) mass is 292 g/mol. The molecule has 1 atom stereocenters. The van der Waals surface area contributed by atoms with E-state index in [2.05, 4.69) is 5.32 Å². The molecule has 1 saturated heterocycles. The highest BCUT2D eigenvalue weighted by Crippen LogP contribution is 2.22. The summed E-state index contributed by atoms with van der Waals surface area (Å²) in [7, 11) is -3.35. The number of amides is 1. The Morgan fingerprint density at radius 1 is 1.47 bits per heavy atom. The Morgan fingerprint density at radius 3 is 2.63 bits per heavy atom. The third-order valence-electron chi connectivity index (χ3n) is 3.02. The molecule has 0 radical (unpaired) electrons. The summed E-state index contributed by atoms with van der Waals surface area (Å²) >= 11 is 0. The van der Waals surface area contributed by atoms with Gasteiger partial charge in [-0.25, -0.2) is 8.42 Å². The number of hydrogen-bond donors (Lipinski definition) is 2. The Hall–Kier alpha value is -0.660. The van der Waals surface area contributed by atoms with Gasteiger partial charge in [0.05, 0.1) is 11.4 Å². The molecule has 0 aromatic heterocycles. The van der Waals surface area contributed by atoms with Crippen molar-refractivity contribution in [2.24, 2.45) is 0 Å². The number of aliphatic hydroxyl groups is 1. The van der Waals surface area contributed by atoms with E-state index in [9.17, 15) is 18.3 Å². The zero-order valence-electron chi connectivity index (χ0n) is 11.8. The van der Waals surface area contributed by atoms with Gasteiger partial charge in [-0.1, -0.05) is 6.92 Å². The van der Waals surface area contributed by atoms with E-state index in [1.165, 1.54) is 4.31 Å². The number of sulfonamides is 1. The van der Waals surface area contributed by atoms with Crippen molar-refractivity contribution in [3.8, 4) is 0 Å². The maximum absolute atomic E-state index is 12.0. The molecule has 1 unspecified atom stereocenters. The molecule has 0 saturated carbocycles. The van der Waals surface area contributed by atoms with E-state index in [1.54, 1.807) is 20.8 Å². The van der Waals surface area contributed by atoms with Crippen LogP contribution in [0.1, 0.15) is 40.0 Å². The first-order valence-electron chi connectivity index (χ1n) is 6.67. The highest BCUT2D eigenvalue weighted by atomic mass is 32.2. The lowest BCUT2D eigenvalue weighted by atomic mass is 10.1. The third-order valence-corrected chi connectivity index (χ3v) is 5.10. The summed E-state index contributed by atoms with van der Waals surface area (Å²) in [5.74, 6) is -0.248. The van der Waals surface area contributed by atoms with Crippen LogP contribution in [0.25, 0.3) is 0 Å². The number of nitrogens with zero attached hydrogens (tertiary/aromatic N) is 1. The molecule has 0 aromatic carbocycles. The highest BCUT2D eigenvalue weighted by Gasteiger charge is 2.38. The second-order valence-corrected chi connectivity index (χ2v) is 7.66. The number of carbonyl (C=O) groups excluding carboxylic acids is 1. The predicted octanol–water partition coefficient (Wildman–Crippen LogP) is 0.0777. The van der Waals surface area contributed by atoms with Gasteiger partial charge in [0.15, 0.2) is 0 Å². The fourth-order valence-electron chi connectivity index (χ4n) is 2.13. The molecule has 2 N–H and O–H groups in total. The van der Waals surface area contributed by atoms with Crippen LogP contribution in [-0.2, 0) is 14.8 Å². The highest BCUT2D eigenvalue weighted by molar-refractivity contribution is 7.89. The van der Waals surface area contributed by atoms with E-state index in [-0.39, 0.29) is 18.2 Å². The van der Waals surface area contributed by atoms with Crippen molar-refractivity contribution in [2.45, 2.75) is 51.7 Å². The maximum atomic E-state index is 12.0. The van der Waals surface area contributed by atoms with Gasteiger partial charge in [0.1, 0.15) is 6.04 Å². The minimum absolute atomic E-state index is 0.0717. The minimum atomic E-state index is -3.35. The van der Waals surface area contributed by atoms with E-state index < -0.39 is 21.7 Å². The van der Waals surface area contributed by atoms with Crippen molar-refractivity contribution in [3.63, 3.8) is 0 Å². The van der Waals surface area contributed by atoms with Gasteiger partial charge in [-0.2, -0.15) is 4.31 Å². The Kier molecular flexibility index (Phi) is 5.34. The van der Waals surface area contributed by atoms with Crippen LogP contribution in [0.2, 0.25) is 0 Å². The predicted molar refractivity (Wildman–Crippen MR) is 73.1 cm³/mol. The van der Waals surface area contributed by atoms with Crippen LogP contribution in [-0.4, -0.2) is 54.2 Å². The molecule has 19 heavy (non-hydrogen) atoms. The van der Waals surface area contributed by atoms with Crippen LogP contribution in [0.5, 0.6) is 0 Å². The SMILES string of the molecule is CCCS(=O)(=O)N1CCCC1C(=O)NCC(C)(C)O. The Balaban J connectivity index is 2.69. The first-order chi connectivity index (χ1) is 8.67. The van der Waals surface area contributed by atoms with Crippen LogP contribution in [0.4, 0.5) is 0 Å². The molecular weight excluding hydrogens is 268 g/mol. The van der Waals surface area contributed by atoms with Crippen LogP contribution in [0.15, 0.2) is 0 Å². The Bertz CT molecular complexity index is 414. The zero-order valence-corrected chi connectivity index (χ0v) is 12.7. The Morgan fingerprint density at radius 2 is 2.11 bits per heavy atom. The lowest BCUT2D eigenvalue weighted by molar-refractivity contribution is -0.125. The molecule has 0 aliphatic carbocycles. The summed E-state index contributed by atoms with van der Waals surface area (Å²) in [5.41, 5.74) is -0.999. The average Bonchev–Trinajstić information content (AvgIpc) is 2.74. The van der Waals surface area contributed by atoms with Crippen LogP contribution < -0.4 is 5.32 Å². The summed E-state index contributed by atoms with van der Waals surface area (Å²) in [5, 5.41) is 12.2. The summed E-state index contributed by atoms with van der Waals surface area (Å²) in [6.07, 6.45) is 1.78. The zero-order chi connectivity index (χ0) is 14.7. The van der Waals surface area contributed by atoms with Crippen LogP contribution >= 0.6 is 0 Å². The second-order valence-electron chi connectivity index (χ2n) is 5.61. The van der Waals surface area contributed by atoms with Gasteiger partial charge in [0, 0.05) is 13.1 Å². The van der Waals surface area contributed by atoms with E-state index in [0.29, 0.717) is 25.8 Å². The number of nitrogens with one attached hydrogen (secondary N) is 1. The van der Waals surface area contributed by atoms with Crippen molar-refractivity contribution >= 4 is 15.9 Å². The quantitative estimate of drug-likeness (QED) is 0.726. The summed E-state index contributed by atoms with van der Waals surface area (Å²) in [6.45, 7) is 5.50. The van der Waals surface area contributed by atoms with E-state index in [0.717, 1.165) is 0 Å². The molecule has 0 aromatic rings. The standard InChI is InChI=1S/C12H24N2O4S/c1-4-8-19(17,18)14-7-5-6-10(14)11(15)13-9-12(2,3)16/h10,16H,4-9H2,1-3H3,(H,13,15). The first kappa shape index (κ1) is 16.4. The van der Waals surface area contributed by atoms with Gasteiger partial charge in [-0.15, -0.1) is 0 Å². The molecule has 1 fully saturated rings. The maximum Gasteiger partial charge on any atom is 0.238 e. The molecule has 1 aliphatic heterocycles. The van der Waals surface area contributed by atoms with E-state index >= 15 is 0 Å². The second kappa shape index (κ2) is 6.19. The first-order valence-corrected chi connectivity index (χ1v) is 8.28. The van der Waals surface area contributed by atoms with E-state index in [1.807, 2.05) is 0 Å². The lowest BCUT2D eigenvalue weighted by Gasteiger charge is -2.25. The molecule has 1 aliphatic rings. The van der Waals surface area contributed by atoms with Gasteiger partial charge in [0.25, 0.3) is 0 Å². The fourth-order valence-corrected chi connectivity index (χ4v) is 3.88. The fraction of sp³-hybridized carbons (Fsp3) is 0.917. The molecule has 0 spiro atoms. The topological polar surface area (TPSA) is 86.7 Å². The van der Waals surface area contributed by atoms with Crippen molar-refractivity contribution in [2.75, 3.05) is 18.8 Å². The van der Waals surface area contributed by atoms with Crippen LogP contribution in [0.3, 0.4) is 0 Å². The van der Waals surface area contributed by atoms with Gasteiger partial charge in [-0.3, -0.25) is 4.79 Å². The smallest absolute Gasteiger partial charge is 0.238 e. The molecule has 7 heteroatoms. The number of carbonyl (C=O) groups is 1. The molecule has 0 bridgehead atoms. The summed E-state index contributed by atoms with van der Waals surface area (Å²) in [6, 6.07) is -0.626. The van der Waals surface area contributed by atoms with Gasteiger partial charge >= 0.3 is 0 Å². The average molecular weight is 292 g/mol. The molecule has 112 valence electrons. The normalized spacial score (nSPS) is 21.6. The largest absolute Gasteiger partial charge is 0.389 e. The van der Waals surface area contributed by atoms with Gasteiger partial charge in [0.2, 0.25) is 15.9 Å². The molecular formula is C12H24N2O4S. The number of rotatable bonds is 6. The van der Waals surface area contributed by atoms with Crippen molar-refractivity contribution in [3.05, 3.63) is 0 Å². The minimum Gasteiger partial charge on any atom is -0.389 e. The summed E-state index contributed by atoms with van der Waals surface area (Å²) in [4.78, 5) is 12.0. The molecule has 1 rings (SSSR count). The number of hydrogen-bond acceptors (Lipinski definition) is 4. The third kappa shape index (κ3) is 4.74. The van der Waals surface area contributed by atoms with Crippen molar-refractivity contribution in [1.29, 1.82) is 0 Å². The Labute approximate surface area is 115 Å². The van der Waals surface area contributed by atoms with Crippen molar-refractivity contribution < 1.29 is 18.3 Å². The van der Waals surface area contributed by atoms with Crippen LogP contribution in [0, 0.1) is 0 Å². The molecule has 1 amide bonds. The van der Waals surface area contributed by atoms with Crippen molar-refractivity contribution in [1.82, 2.24) is 9.62 Å². The molecule has 1 heterocycles. The summed E-state index contributed by atoms with van der Waals surface area (Å²) < 4.78 is 25.4. The van der Waals surface area contributed by atoms with Gasteiger partial charge in [-0.05, 0) is 33.1 Å².